The van der Waals surface area contributed by atoms with Gasteiger partial charge in [-0.05, 0) is 30.9 Å². The van der Waals surface area contributed by atoms with Crippen LogP contribution in [0.3, 0.4) is 0 Å². The van der Waals surface area contributed by atoms with Crippen molar-refractivity contribution in [3.63, 3.8) is 0 Å². The summed E-state index contributed by atoms with van der Waals surface area (Å²) in [5, 5.41) is 4.56. The largest absolute Gasteiger partial charge is 0.363 e. The molecule has 0 radical (unpaired) electrons. The molecule has 1 fully saturated rings. The molecule has 2 aromatic rings. The van der Waals surface area contributed by atoms with E-state index in [0.717, 1.165) is 55.4 Å². The number of anilines is 2. The van der Waals surface area contributed by atoms with E-state index in [4.69, 9.17) is 0 Å². The van der Waals surface area contributed by atoms with Crippen LogP contribution >= 0.6 is 0 Å². The predicted octanol–water partition coefficient (Wildman–Crippen LogP) is 0.724. The van der Waals surface area contributed by atoms with Crippen molar-refractivity contribution in [1.29, 1.82) is 0 Å². The lowest BCUT2D eigenvalue weighted by atomic mass is 10.0. The molecule has 3 heterocycles. The van der Waals surface area contributed by atoms with Gasteiger partial charge in [0, 0.05) is 45.4 Å². The molecule has 2 aromatic heterocycles. The maximum absolute atomic E-state index is 12.2. The average molecular weight is 326 g/mol. The summed E-state index contributed by atoms with van der Waals surface area (Å²) in [5.74, 6) is 2.08. The standard InChI is InChI=1S/C17H22N6O/c1-21(2)15-6-7-18-17(19-15)22-9-12(10-22)11-23-16(24)8-13-4-3-5-14(13)20-23/h6-8,12H,3-5,9-11H2,1-2H3. The van der Waals surface area contributed by atoms with Gasteiger partial charge in [0.05, 0.1) is 12.2 Å². The van der Waals surface area contributed by atoms with Crippen LogP contribution in [0.1, 0.15) is 17.7 Å². The molecule has 4 rings (SSSR count). The van der Waals surface area contributed by atoms with Crippen LogP contribution in [0.5, 0.6) is 0 Å². The Labute approximate surface area is 140 Å². The van der Waals surface area contributed by atoms with Crippen molar-refractivity contribution in [2.45, 2.75) is 25.8 Å². The zero-order chi connectivity index (χ0) is 16.7. The number of nitrogens with zero attached hydrogens (tertiary/aromatic N) is 6. The molecule has 0 saturated carbocycles. The Bertz CT molecular complexity index is 809. The van der Waals surface area contributed by atoms with Crippen LogP contribution in [-0.4, -0.2) is 46.9 Å². The molecule has 0 spiro atoms. The van der Waals surface area contributed by atoms with Gasteiger partial charge in [-0.2, -0.15) is 10.1 Å². The minimum Gasteiger partial charge on any atom is -0.363 e. The van der Waals surface area contributed by atoms with E-state index in [2.05, 4.69) is 20.0 Å². The first-order valence-corrected chi connectivity index (χ1v) is 8.45. The molecule has 2 aliphatic rings. The van der Waals surface area contributed by atoms with Gasteiger partial charge in [-0.15, -0.1) is 0 Å². The van der Waals surface area contributed by atoms with Crippen molar-refractivity contribution < 1.29 is 0 Å². The molecule has 1 saturated heterocycles. The molecule has 1 aliphatic heterocycles. The lowest BCUT2D eigenvalue weighted by molar-refractivity contribution is 0.329. The Morgan fingerprint density at radius 2 is 2.12 bits per heavy atom. The Balaban J connectivity index is 1.42. The number of fused-ring (bicyclic) bond motifs is 1. The summed E-state index contributed by atoms with van der Waals surface area (Å²) in [7, 11) is 3.94. The van der Waals surface area contributed by atoms with E-state index in [1.807, 2.05) is 25.1 Å². The van der Waals surface area contributed by atoms with Gasteiger partial charge in [0.25, 0.3) is 5.56 Å². The minimum absolute atomic E-state index is 0.0277. The van der Waals surface area contributed by atoms with Crippen molar-refractivity contribution in [3.8, 4) is 0 Å². The second kappa shape index (κ2) is 5.89. The van der Waals surface area contributed by atoms with Crippen LogP contribution in [0.15, 0.2) is 23.1 Å². The highest BCUT2D eigenvalue weighted by Gasteiger charge is 2.30. The highest BCUT2D eigenvalue weighted by molar-refractivity contribution is 5.43. The normalized spacial score (nSPS) is 16.8. The number of hydrogen-bond acceptors (Lipinski definition) is 6. The molecule has 1 aliphatic carbocycles. The first-order valence-electron chi connectivity index (χ1n) is 8.45. The molecule has 0 bridgehead atoms. The van der Waals surface area contributed by atoms with Gasteiger partial charge in [-0.1, -0.05) is 0 Å². The van der Waals surface area contributed by atoms with Crippen molar-refractivity contribution in [3.05, 3.63) is 39.9 Å². The van der Waals surface area contributed by atoms with Gasteiger partial charge in [0.2, 0.25) is 5.95 Å². The molecule has 24 heavy (non-hydrogen) atoms. The SMILES string of the molecule is CN(C)c1ccnc(N2CC(Cn3nc4c(cc3=O)CCC4)C2)n1. The maximum Gasteiger partial charge on any atom is 0.267 e. The summed E-state index contributed by atoms with van der Waals surface area (Å²) in [6.45, 7) is 2.40. The van der Waals surface area contributed by atoms with E-state index in [1.165, 1.54) is 0 Å². The number of rotatable bonds is 4. The van der Waals surface area contributed by atoms with Gasteiger partial charge in [-0.25, -0.2) is 9.67 Å². The van der Waals surface area contributed by atoms with Crippen molar-refractivity contribution in [2.24, 2.45) is 5.92 Å². The fourth-order valence-corrected chi connectivity index (χ4v) is 3.40. The summed E-state index contributed by atoms with van der Waals surface area (Å²) < 4.78 is 1.64. The molecule has 0 atom stereocenters. The van der Waals surface area contributed by atoms with Crippen molar-refractivity contribution >= 4 is 11.8 Å². The predicted molar refractivity (Wildman–Crippen MR) is 92.6 cm³/mol. The third-order valence-corrected chi connectivity index (χ3v) is 4.78. The van der Waals surface area contributed by atoms with E-state index >= 15 is 0 Å². The topological polar surface area (TPSA) is 67.2 Å². The van der Waals surface area contributed by atoms with E-state index < -0.39 is 0 Å². The zero-order valence-corrected chi connectivity index (χ0v) is 14.1. The first kappa shape index (κ1) is 15.1. The Morgan fingerprint density at radius 3 is 2.92 bits per heavy atom. The van der Waals surface area contributed by atoms with Crippen LogP contribution < -0.4 is 15.4 Å². The van der Waals surface area contributed by atoms with Crippen LogP contribution in [0.4, 0.5) is 11.8 Å². The number of aryl methyl sites for hydroxylation is 2. The van der Waals surface area contributed by atoms with Crippen LogP contribution in [0, 0.1) is 5.92 Å². The van der Waals surface area contributed by atoms with Gasteiger partial charge in [0.15, 0.2) is 0 Å². The molecule has 7 heteroatoms. The van der Waals surface area contributed by atoms with E-state index in [9.17, 15) is 4.79 Å². The van der Waals surface area contributed by atoms with Crippen LogP contribution in [-0.2, 0) is 19.4 Å². The second-order valence-electron chi connectivity index (χ2n) is 6.87. The molecule has 0 unspecified atom stereocenters. The zero-order valence-electron chi connectivity index (χ0n) is 14.1. The summed E-state index contributed by atoms with van der Waals surface area (Å²) in [6.07, 6.45) is 4.90. The average Bonchev–Trinajstić information content (AvgIpc) is 2.97. The second-order valence-corrected chi connectivity index (χ2v) is 6.87. The van der Waals surface area contributed by atoms with E-state index in [0.29, 0.717) is 12.5 Å². The molecule has 0 N–H and O–H groups in total. The molecular formula is C17H22N6O. The van der Waals surface area contributed by atoms with E-state index in [-0.39, 0.29) is 5.56 Å². The lowest BCUT2D eigenvalue weighted by Crippen LogP contribution is -2.50. The minimum atomic E-state index is 0.0277. The van der Waals surface area contributed by atoms with Crippen LogP contribution in [0.2, 0.25) is 0 Å². The Kier molecular flexibility index (Phi) is 3.70. The third kappa shape index (κ3) is 2.74. The van der Waals surface area contributed by atoms with Gasteiger partial charge in [-0.3, -0.25) is 4.79 Å². The molecular weight excluding hydrogens is 304 g/mol. The summed E-state index contributed by atoms with van der Waals surface area (Å²) in [4.78, 5) is 25.2. The van der Waals surface area contributed by atoms with E-state index in [1.54, 1.807) is 16.9 Å². The molecule has 7 nitrogen and oxygen atoms in total. The monoisotopic (exact) mass is 326 g/mol. The van der Waals surface area contributed by atoms with Gasteiger partial charge < -0.3 is 9.80 Å². The fourth-order valence-electron chi connectivity index (χ4n) is 3.40. The summed E-state index contributed by atoms with van der Waals surface area (Å²) in [6, 6.07) is 3.67. The fraction of sp³-hybridized carbons (Fsp3) is 0.529. The highest BCUT2D eigenvalue weighted by atomic mass is 16.1. The first-order chi connectivity index (χ1) is 11.6. The van der Waals surface area contributed by atoms with Gasteiger partial charge >= 0.3 is 0 Å². The Morgan fingerprint density at radius 1 is 1.29 bits per heavy atom. The third-order valence-electron chi connectivity index (χ3n) is 4.78. The number of hydrogen-bond donors (Lipinski definition) is 0. The maximum atomic E-state index is 12.2. The van der Waals surface area contributed by atoms with Crippen molar-refractivity contribution in [1.82, 2.24) is 19.7 Å². The smallest absolute Gasteiger partial charge is 0.267 e. The van der Waals surface area contributed by atoms with Crippen molar-refractivity contribution in [2.75, 3.05) is 37.0 Å². The molecule has 0 amide bonds. The quantitative estimate of drug-likeness (QED) is 0.825. The van der Waals surface area contributed by atoms with Crippen LogP contribution in [0.25, 0.3) is 0 Å². The molecule has 126 valence electrons. The number of aromatic nitrogens is 4. The highest BCUT2D eigenvalue weighted by Crippen LogP contribution is 2.24. The summed E-state index contributed by atoms with van der Waals surface area (Å²) >= 11 is 0. The van der Waals surface area contributed by atoms with Gasteiger partial charge in [0.1, 0.15) is 5.82 Å². The Hall–Kier alpha value is -2.44. The molecule has 0 aromatic carbocycles. The lowest BCUT2D eigenvalue weighted by Gasteiger charge is -2.39. The summed E-state index contributed by atoms with van der Waals surface area (Å²) in [5.41, 5.74) is 2.27.